The maximum Gasteiger partial charge on any atom is 1.00 e. The van der Waals surface area contributed by atoms with Gasteiger partial charge in [-0.3, -0.25) is 0 Å². The molecule has 0 atom stereocenters. The first-order chi connectivity index (χ1) is 3.18. The smallest absolute Gasteiger partial charge is 0.861 e. The fourth-order valence-corrected chi connectivity index (χ4v) is 0.258. The zero-order chi connectivity index (χ0) is 5.86. The van der Waals surface area contributed by atoms with E-state index in [1.165, 1.54) is 11.0 Å². The largest absolute Gasteiger partial charge is 1.00 e. The maximum absolute atomic E-state index is 10.4. The normalized spacial score (nSPS) is 10.1. The molecule has 0 unspecified atom stereocenters. The summed E-state index contributed by atoms with van der Waals surface area (Å²) in [6, 6.07) is 0. The van der Waals surface area contributed by atoms with Gasteiger partial charge in [0.15, 0.2) is 0 Å². The second-order valence-electron chi connectivity index (χ2n) is 1.52. The fourth-order valence-electron chi connectivity index (χ4n) is 0.258. The minimum Gasteiger partial charge on any atom is -0.861 e. The van der Waals surface area contributed by atoms with E-state index in [1.807, 2.05) is 0 Å². The monoisotopic (exact) mass is 107 g/mol. The summed E-state index contributed by atoms with van der Waals surface area (Å²) >= 11 is 0. The molecule has 0 bridgehead atoms. The molecule has 0 rings (SSSR count). The Bertz CT molecular complexity index is 80.5. The third-order valence-electron chi connectivity index (χ3n) is 0.688. The molecule has 42 valence electrons. The van der Waals surface area contributed by atoms with Gasteiger partial charge >= 0.3 is 18.9 Å². The van der Waals surface area contributed by atoms with Crippen LogP contribution >= 0.6 is 0 Å². The molecule has 8 heavy (non-hydrogen) atoms. The van der Waals surface area contributed by atoms with Gasteiger partial charge in [0, 0.05) is 14.1 Å². The second-order valence-corrected chi connectivity index (χ2v) is 1.52. The van der Waals surface area contributed by atoms with Gasteiger partial charge in [-0.05, 0) is 12.8 Å². The van der Waals surface area contributed by atoms with Crippen LogP contribution in [0.25, 0.3) is 0 Å². The first kappa shape index (κ1) is 10.8. The van der Waals surface area contributed by atoms with E-state index in [9.17, 15) is 5.11 Å². The number of nitrogens with zero attached hydrogens (tertiary/aromatic N) is 1. The molecule has 0 saturated carbocycles. The van der Waals surface area contributed by atoms with E-state index in [0.29, 0.717) is 0 Å². The summed E-state index contributed by atoms with van der Waals surface area (Å²) in [7, 11) is 3.45. The summed E-state index contributed by atoms with van der Waals surface area (Å²) in [5, 5.41) is 10.4. The van der Waals surface area contributed by atoms with Crippen LogP contribution in [-0.4, -0.2) is 19.0 Å². The van der Waals surface area contributed by atoms with Crippen molar-refractivity contribution in [3.63, 3.8) is 0 Å². The molecule has 3 heteroatoms. The van der Waals surface area contributed by atoms with Gasteiger partial charge in [0.1, 0.15) is 0 Å². The van der Waals surface area contributed by atoms with Crippen molar-refractivity contribution in [2.45, 2.75) is 6.92 Å². The molecule has 0 aromatic carbocycles. The molecule has 0 aromatic rings. The third kappa shape index (κ3) is 4.11. The molecule has 0 amide bonds. The fraction of sp³-hybridized carbons (Fsp3) is 0.600. The minimum atomic E-state index is 0. The average molecular weight is 107 g/mol. The van der Waals surface area contributed by atoms with Gasteiger partial charge in [0.2, 0.25) is 0 Å². The summed E-state index contributed by atoms with van der Waals surface area (Å²) in [6.07, 6.45) is 1.53. The predicted octanol–water partition coefficient (Wildman–Crippen LogP) is -3.23. The zero-order valence-electron chi connectivity index (χ0n) is 5.93. The number of hydrogen-bond acceptors (Lipinski definition) is 2. The van der Waals surface area contributed by atoms with Crippen LogP contribution < -0.4 is 24.0 Å². The molecule has 0 spiro atoms. The van der Waals surface area contributed by atoms with Gasteiger partial charge in [-0.15, -0.1) is 0 Å². The Morgan fingerprint density at radius 1 is 1.50 bits per heavy atom. The van der Waals surface area contributed by atoms with Crippen LogP contribution in [-0.2, 0) is 0 Å². The molecule has 0 aliphatic rings. The van der Waals surface area contributed by atoms with E-state index >= 15 is 0 Å². The van der Waals surface area contributed by atoms with Crippen molar-refractivity contribution in [1.82, 2.24) is 4.90 Å². The van der Waals surface area contributed by atoms with E-state index in [0.717, 1.165) is 0 Å². The van der Waals surface area contributed by atoms with E-state index in [2.05, 4.69) is 0 Å². The van der Waals surface area contributed by atoms with Crippen molar-refractivity contribution in [3.8, 4) is 0 Å². The molecule has 0 radical (unpaired) electrons. The molecular weight excluding hydrogens is 97.0 g/mol. The van der Waals surface area contributed by atoms with Crippen LogP contribution in [0.15, 0.2) is 12.0 Å². The molecule has 0 saturated heterocycles. The minimum absolute atomic E-state index is 0. The van der Waals surface area contributed by atoms with E-state index < -0.39 is 0 Å². The van der Waals surface area contributed by atoms with Gasteiger partial charge in [0.25, 0.3) is 0 Å². The molecule has 0 aliphatic heterocycles. The Balaban J connectivity index is 0. The average Bonchev–Trinajstić information content (AvgIpc) is 1.65. The molecule has 0 aliphatic carbocycles. The Kier molecular flexibility index (Phi) is 6.88. The Labute approximate surface area is 62.4 Å². The molecule has 0 fully saturated rings. The van der Waals surface area contributed by atoms with Crippen LogP contribution in [0, 0.1) is 0 Å². The Morgan fingerprint density at radius 3 is 1.88 bits per heavy atom. The van der Waals surface area contributed by atoms with Crippen molar-refractivity contribution in [1.29, 1.82) is 0 Å². The van der Waals surface area contributed by atoms with Crippen molar-refractivity contribution in [2.75, 3.05) is 14.1 Å². The summed E-state index contributed by atoms with van der Waals surface area (Å²) in [4.78, 5) is 1.53. The topological polar surface area (TPSA) is 26.3 Å². The first-order valence-corrected chi connectivity index (χ1v) is 2.19. The Morgan fingerprint density at radius 2 is 1.88 bits per heavy atom. The predicted molar refractivity (Wildman–Crippen MR) is 27.4 cm³/mol. The van der Waals surface area contributed by atoms with Gasteiger partial charge in [-0.2, -0.15) is 0 Å². The number of allylic oxidation sites excluding steroid dienone is 1. The summed E-state index contributed by atoms with van der Waals surface area (Å²) in [5.41, 5.74) is 0. The Hall–Kier alpha value is -0.0626. The standard InChI is InChI=1S/C5H11NO.Li/c1-4-5(7)6(2)3;/h4,7H,1-3H3;/q;+1/p-1/b5-4-;. The van der Waals surface area contributed by atoms with Crippen LogP contribution in [0.2, 0.25) is 0 Å². The van der Waals surface area contributed by atoms with Gasteiger partial charge in [-0.1, -0.05) is 6.08 Å². The van der Waals surface area contributed by atoms with E-state index in [4.69, 9.17) is 0 Å². The van der Waals surface area contributed by atoms with Gasteiger partial charge in [0.05, 0.1) is 0 Å². The summed E-state index contributed by atoms with van der Waals surface area (Å²) < 4.78 is 0. The molecule has 0 aromatic heterocycles. The van der Waals surface area contributed by atoms with Gasteiger partial charge in [-0.25, -0.2) is 0 Å². The zero-order valence-corrected chi connectivity index (χ0v) is 5.93. The third-order valence-corrected chi connectivity index (χ3v) is 0.688. The van der Waals surface area contributed by atoms with E-state index in [1.54, 1.807) is 21.0 Å². The quantitative estimate of drug-likeness (QED) is 0.260. The van der Waals surface area contributed by atoms with Crippen LogP contribution in [0.1, 0.15) is 6.92 Å². The van der Waals surface area contributed by atoms with Crippen molar-refractivity contribution in [2.24, 2.45) is 0 Å². The van der Waals surface area contributed by atoms with Crippen molar-refractivity contribution in [3.05, 3.63) is 12.0 Å². The molecular formula is C5H10LiNO. The summed E-state index contributed by atoms with van der Waals surface area (Å²) in [5.74, 6) is 0.0556. The van der Waals surface area contributed by atoms with Crippen LogP contribution in [0.4, 0.5) is 0 Å². The molecule has 2 nitrogen and oxygen atoms in total. The van der Waals surface area contributed by atoms with Gasteiger partial charge < -0.3 is 10.0 Å². The van der Waals surface area contributed by atoms with E-state index in [-0.39, 0.29) is 24.7 Å². The van der Waals surface area contributed by atoms with Crippen LogP contribution in [0.3, 0.4) is 0 Å². The van der Waals surface area contributed by atoms with Crippen molar-refractivity contribution >= 4 is 0 Å². The number of hydrogen-bond donors (Lipinski definition) is 0. The van der Waals surface area contributed by atoms with Crippen LogP contribution in [0.5, 0.6) is 0 Å². The SMILES string of the molecule is C/C=C(\[O-])N(C)C.[Li+]. The maximum atomic E-state index is 10.4. The second kappa shape index (κ2) is 5.08. The first-order valence-electron chi connectivity index (χ1n) is 2.19. The molecule has 0 heterocycles. The summed E-state index contributed by atoms with van der Waals surface area (Å²) in [6.45, 7) is 1.72. The van der Waals surface area contributed by atoms with Crippen molar-refractivity contribution < 1.29 is 24.0 Å². The molecule has 0 N–H and O–H groups in total. The number of rotatable bonds is 1.